The zero-order chi connectivity index (χ0) is 20.6. The third-order valence-corrected chi connectivity index (χ3v) is 5.04. The van der Waals surface area contributed by atoms with E-state index in [2.05, 4.69) is 4.99 Å². The van der Waals surface area contributed by atoms with Crippen LogP contribution in [0.1, 0.15) is 29.8 Å². The summed E-state index contributed by atoms with van der Waals surface area (Å²) in [6, 6.07) is 15.4. The van der Waals surface area contributed by atoms with Crippen LogP contribution in [0, 0.1) is 0 Å². The highest BCUT2D eigenvalue weighted by molar-refractivity contribution is 7.14. The summed E-state index contributed by atoms with van der Waals surface area (Å²) in [4.78, 5) is 17.2. The molecule has 3 aromatic rings. The summed E-state index contributed by atoms with van der Waals surface area (Å²) in [5.41, 5.74) is 3.11. The van der Waals surface area contributed by atoms with Crippen molar-refractivity contribution in [2.24, 2.45) is 4.99 Å². The fourth-order valence-electron chi connectivity index (χ4n) is 2.85. The molecule has 0 radical (unpaired) electrons. The van der Waals surface area contributed by atoms with E-state index in [4.69, 9.17) is 14.2 Å². The molecule has 0 bridgehead atoms. The Labute approximate surface area is 174 Å². The smallest absolute Gasteiger partial charge is 0.341 e. The number of aliphatic imine (C=N–C) groups is 1. The zero-order valence-corrected chi connectivity index (χ0v) is 17.5. The van der Waals surface area contributed by atoms with Crippen LogP contribution in [0.5, 0.6) is 11.5 Å². The highest BCUT2D eigenvalue weighted by Gasteiger charge is 2.21. The molecule has 5 nitrogen and oxygen atoms in total. The van der Waals surface area contributed by atoms with Crippen molar-refractivity contribution in [3.05, 3.63) is 65.0 Å². The minimum Gasteiger partial charge on any atom is -0.493 e. The van der Waals surface area contributed by atoms with Crippen molar-refractivity contribution in [2.45, 2.75) is 13.8 Å². The molecular formula is C23H23NO4S. The minimum absolute atomic E-state index is 0.308. The van der Waals surface area contributed by atoms with E-state index in [1.54, 1.807) is 20.2 Å². The van der Waals surface area contributed by atoms with Gasteiger partial charge in [-0.25, -0.2) is 9.79 Å². The molecule has 0 aliphatic carbocycles. The standard InChI is InChI=1S/C23H23NO4S/c1-4-27-19-12-11-16(13-20(19)26-3)14-24-22-21(23(25)28-5-2)18(15-29-22)17-9-7-6-8-10-17/h6-15H,4-5H2,1-3H3. The Hall–Kier alpha value is -3.12. The van der Waals surface area contributed by atoms with Crippen molar-refractivity contribution < 1.29 is 19.0 Å². The third kappa shape index (κ3) is 4.84. The van der Waals surface area contributed by atoms with Gasteiger partial charge in [-0.3, -0.25) is 0 Å². The number of carbonyl (C=O) groups is 1. The molecular weight excluding hydrogens is 386 g/mol. The molecule has 0 saturated heterocycles. The quantitative estimate of drug-likeness (QED) is 0.351. The molecule has 0 aliphatic rings. The molecule has 6 heteroatoms. The number of benzene rings is 2. The van der Waals surface area contributed by atoms with Crippen LogP contribution in [-0.4, -0.2) is 32.5 Å². The van der Waals surface area contributed by atoms with E-state index < -0.39 is 0 Å². The monoisotopic (exact) mass is 409 g/mol. The number of rotatable bonds is 8. The molecule has 3 rings (SSSR count). The maximum Gasteiger partial charge on any atom is 0.341 e. The van der Waals surface area contributed by atoms with Crippen LogP contribution in [-0.2, 0) is 4.74 Å². The van der Waals surface area contributed by atoms with E-state index >= 15 is 0 Å². The SMILES string of the molecule is CCOC(=O)c1c(-c2ccccc2)csc1N=Cc1ccc(OCC)c(OC)c1. The van der Waals surface area contributed by atoms with E-state index in [9.17, 15) is 4.79 Å². The van der Waals surface area contributed by atoms with Gasteiger partial charge in [-0.15, -0.1) is 11.3 Å². The van der Waals surface area contributed by atoms with Crippen molar-refractivity contribution in [3.8, 4) is 22.6 Å². The van der Waals surface area contributed by atoms with Gasteiger partial charge in [0, 0.05) is 17.2 Å². The molecule has 0 fully saturated rings. The lowest BCUT2D eigenvalue weighted by Gasteiger charge is -2.09. The molecule has 0 unspecified atom stereocenters. The summed E-state index contributed by atoms with van der Waals surface area (Å²) in [5, 5.41) is 2.54. The van der Waals surface area contributed by atoms with Crippen molar-refractivity contribution in [3.63, 3.8) is 0 Å². The van der Waals surface area contributed by atoms with E-state index in [1.807, 2.05) is 60.8 Å². The fourth-order valence-corrected chi connectivity index (χ4v) is 3.75. The molecule has 1 heterocycles. The van der Waals surface area contributed by atoms with Crippen molar-refractivity contribution in [1.82, 2.24) is 0 Å². The number of esters is 1. The number of hydrogen-bond donors (Lipinski definition) is 0. The second kappa shape index (κ2) is 9.89. The Kier molecular flexibility index (Phi) is 7.03. The molecule has 0 amide bonds. The molecule has 0 saturated carbocycles. The minimum atomic E-state index is -0.371. The summed E-state index contributed by atoms with van der Waals surface area (Å²) in [7, 11) is 1.60. The summed E-state index contributed by atoms with van der Waals surface area (Å²) in [6.07, 6.45) is 1.71. The van der Waals surface area contributed by atoms with Gasteiger partial charge in [0.15, 0.2) is 11.5 Å². The van der Waals surface area contributed by atoms with E-state index in [-0.39, 0.29) is 5.97 Å². The van der Waals surface area contributed by atoms with Gasteiger partial charge in [-0.1, -0.05) is 30.3 Å². The summed E-state index contributed by atoms with van der Waals surface area (Å²) in [5.74, 6) is 0.948. The molecule has 150 valence electrons. The van der Waals surface area contributed by atoms with Crippen LogP contribution in [0.2, 0.25) is 0 Å². The van der Waals surface area contributed by atoms with Gasteiger partial charge in [0.25, 0.3) is 0 Å². The lowest BCUT2D eigenvalue weighted by atomic mass is 10.0. The predicted octanol–water partition coefficient (Wildman–Crippen LogP) is 5.75. The van der Waals surface area contributed by atoms with E-state index in [0.29, 0.717) is 35.3 Å². The highest BCUT2D eigenvalue weighted by Crippen LogP contribution is 2.38. The number of carbonyl (C=O) groups excluding carboxylic acids is 1. The van der Waals surface area contributed by atoms with Gasteiger partial charge in [-0.05, 0) is 43.2 Å². The first-order valence-electron chi connectivity index (χ1n) is 9.36. The molecule has 29 heavy (non-hydrogen) atoms. The third-order valence-electron chi connectivity index (χ3n) is 4.15. The topological polar surface area (TPSA) is 57.1 Å². The first-order chi connectivity index (χ1) is 14.2. The number of ether oxygens (including phenoxy) is 3. The number of methoxy groups -OCH3 is 1. The summed E-state index contributed by atoms with van der Waals surface area (Å²) < 4.78 is 16.2. The largest absolute Gasteiger partial charge is 0.493 e. The average molecular weight is 410 g/mol. The van der Waals surface area contributed by atoms with Crippen LogP contribution < -0.4 is 9.47 Å². The average Bonchev–Trinajstić information content (AvgIpc) is 3.18. The first kappa shape index (κ1) is 20.6. The second-order valence-corrected chi connectivity index (χ2v) is 6.88. The van der Waals surface area contributed by atoms with Crippen LogP contribution in [0.3, 0.4) is 0 Å². The molecule has 2 aromatic carbocycles. The van der Waals surface area contributed by atoms with Gasteiger partial charge in [-0.2, -0.15) is 0 Å². The normalized spacial score (nSPS) is 10.9. The molecule has 0 spiro atoms. The molecule has 0 aliphatic heterocycles. The number of hydrogen-bond acceptors (Lipinski definition) is 6. The van der Waals surface area contributed by atoms with Crippen LogP contribution in [0.15, 0.2) is 58.9 Å². The maximum atomic E-state index is 12.6. The molecule has 1 aromatic heterocycles. The Morgan fingerprint density at radius 3 is 2.55 bits per heavy atom. The Morgan fingerprint density at radius 2 is 1.86 bits per heavy atom. The Morgan fingerprint density at radius 1 is 1.07 bits per heavy atom. The Balaban J connectivity index is 1.96. The van der Waals surface area contributed by atoms with Gasteiger partial charge in [0.1, 0.15) is 10.6 Å². The van der Waals surface area contributed by atoms with Gasteiger partial charge in [0.05, 0.1) is 20.3 Å². The van der Waals surface area contributed by atoms with Crippen molar-refractivity contribution >= 4 is 28.5 Å². The van der Waals surface area contributed by atoms with Crippen LogP contribution in [0.25, 0.3) is 11.1 Å². The lowest BCUT2D eigenvalue weighted by Crippen LogP contribution is -2.05. The number of thiophene rings is 1. The second-order valence-electron chi connectivity index (χ2n) is 6.02. The highest BCUT2D eigenvalue weighted by atomic mass is 32.1. The van der Waals surface area contributed by atoms with Gasteiger partial charge >= 0.3 is 5.97 Å². The lowest BCUT2D eigenvalue weighted by molar-refractivity contribution is 0.0529. The van der Waals surface area contributed by atoms with Gasteiger partial charge in [0.2, 0.25) is 0 Å². The predicted molar refractivity (Wildman–Crippen MR) is 117 cm³/mol. The van der Waals surface area contributed by atoms with Crippen molar-refractivity contribution in [1.29, 1.82) is 0 Å². The van der Waals surface area contributed by atoms with E-state index in [1.165, 1.54) is 11.3 Å². The molecule has 0 N–H and O–H groups in total. The summed E-state index contributed by atoms with van der Waals surface area (Å²) in [6.45, 7) is 4.58. The zero-order valence-electron chi connectivity index (χ0n) is 16.7. The first-order valence-corrected chi connectivity index (χ1v) is 10.2. The van der Waals surface area contributed by atoms with Crippen molar-refractivity contribution in [2.75, 3.05) is 20.3 Å². The van der Waals surface area contributed by atoms with E-state index in [0.717, 1.165) is 16.7 Å². The summed E-state index contributed by atoms with van der Waals surface area (Å²) >= 11 is 1.41. The Bertz CT molecular complexity index is 995. The molecule has 0 atom stereocenters. The number of nitrogens with zero attached hydrogens (tertiary/aromatic N) is 1. The fraction of sp³-hybridized carbons (Fsp3) is 0.217. The maximum absolute atomic E-state index is 12.6. The van der Waals surface area contributed by atoms with Crippen LogP contribution in [0.4, 0.5) is 5.00 Å². The van der Waals surface area contributed by atoms with Gasteiger partial charge < -0.3 is 14.2 Å². The van der Waals surface area contributed by atoms with Crippen LogP contribution >= 0.6 is 11.3 Å².